The predicted octanol–water partition coefficient (Wildman–Crippen LogP) is 3.29. The molecule has 0 rings (SSSR count). The van der Waals surface area contributed by atoms with Gasteiger partial charge in [-0.1, -0.05) is 48.8 Å². The molecule has 0 radical (unpaired) electrons. The topological polar surface area (TPSA) is 29.1 Å². The van der Waals surface area contributed by atoms with E-state index >= 15 is 0 Å². The Morgan fingerprint density at radius 3 is 2.57 bits per heavy atom. The lowest BCUT2D eigenvalue weighted by Crippen LogP contribution is -2.23. The molecule has 0 aromatic rings. The summed E-state index contributed by atoms with van der Waals surface area (Å²) in [6.07, 6.45) is 7.73. The molecule has 14 heavy (non-hydrogen) atoms. The van der Waals surface area contributed by atoms with Crippen molar-refractivity contribution in [2.45, 2.75) is 51.9 Å². The summed E-state index contributed by atoms with van der Waals surface area (Å²) in [6, 6.07) is 0. The summed E-state index contributed by atoms with van der Waals surface area (Å²) in [4.78, 5) is 11.2. The number of nitrogens with one attached hydrogen (secondary N) is 1. The van der Waals surface area contributed by atoms with Gasteiger partial charge in [0.2, 0.25) is 5.91 Å². The number of carbonyl (C=O) groups is 1. The Hall–Kier alpha value is 0.200. The molecule has 0 aliphatic carbocycles. The summed E-state index contributed by atoms with van der Waals surface area (Å²) in [5.41, 5.74) is 0. The molecule has 0 aliphatic heterocycles. The average molecular weight is 311 g/mol. The first kappa shape index (κ1) is 14.2. The first-order valence-corrected chi connectivity index (χ1v) is 7.16. The third kappa shape index (κ3) is 10.3. The normalized spacial score (nSPS) is 10.1. The smallest absolute Gasteiger partial charge is 0.219 e. The summed E-state index contributed by atoms with van der Waals surface area (Å²) in [6.45, 7) is 3.02. The minimum absolute atomic E-state index is 0.230. The zero-order chi connectivity index (χ0) is 10.6. The van der Waals surface area contributed by atoms with Crippen molar-refractivity contribution in [1.82, 2.24) is 5.32 Å². The number of hydrogen-bond acceptors (Lipinski definition) is 1. The Labute approximate surface area is 101 Å². The van der Waals surface area contributed by atoms with Gasteiger partial charge in [0.05, 0.1) is 0 Å². The monoisotopic (exact) mass is 311 g/mol. The molecule has 84 valence electrons. The van der Waals surface area contributed by atoms with Crippen molar-refractivity contribution < 1.29 is 4.79 Å². The molecule has 3 heteroatoms. The summed E-state index contributed by atoms with van der Waals surface area (Å²) in [5, 5.41) is 2.96. The quantitative estimate of drug-likeness (QED) is 0.395. The van der Waals surface area contributed by atoms with Crippen LogP contribution in [0.25, 0.3) is 0 Å². The van der Waals surface area contributed by atoms with Gasteiger partial charge in [-0.25, -0.2) is 0 Å². The van der Waals surface area contributed by atoms with Crippen molar-refractivity contribution >= 4 is 28.5 Å². The number of rotatable bonds is 9. The van der Waals surface area contributed by atoms with Gasteiger partial charge >= 0.3 is 0 Å². The maximum Gasteiger partial charge on any atom is 0.219 e. The summed E-state index contributed by atoms with van der Waals surface area (Å²) < 4.78 is 1.22. The van der Waals surface area contributed by atoms with Crippen molar-refractivity contribution in [3.8, 4) is 0 Å². The van der Waals surface area contributed by atoms with Gasteiger partial charge < -0.3 is 5.32 Å². The highest BCUT2D eigenvalue weighted by molar-refractivity contribution is 14.1. The van der Waals surface area contributed by atoms with E-state index in [2.05, 4.69) is 34.8 Å². The fourth-order valence-electron chi connectivity index (χ4n) is 1.25. The minimum atomic E-state index is 0.230. The molecule has 1 amide bonds. The van der Waals surface area contributed by atoms with E-state index in [0.29, 0.717) is 6.42 Å². The van der Waals surface area contributed by atoms with Crippen LogP contribution >= 0.6 is 22.6 Å². The molecule has 0 saturated carbocycles. The maximum atomic E-state index is 11.2. The van der Waals surface area contributed by atoms with Crippen LogP contribution in [-0.4, -0.2) is 16.9 Å². The third-order valence-electron chi connectivity index (χ3n) is 2.14. The molecule has 0 fully saturated rings. The van der Waals surface area contributed by atoms with Crippen LogP contribution in [0.2, 0.25) is 0 Å². The first-order valence-electron chi connectivity index (χ1n) is 5.64. The third-order valence-corrected chi connectivity index (χ3v) is 2.90. The van der Waals surface area contributed by atoms with Gasteiger partial charge in [-0.15, -0.1) is 0 Å². The van der Waals surface area contributed by atoms with E-state index < -0.39 is 0 Å². The Kier molecular flexibility index (Phi) is 11.4. The second-order valence-electron chi connectivity index (χ2n) is 3.56. The van der Waals surface area contributed by atoms with Crippen LogP contribution in [0, 0.1) is 0 Å². The molecule has 0 aliphatic rings. The van der Waals surface area contributed by atoms with E-state index in [1.807, 2.05) is 0 Å². The molecule has 0 spiro atoms. The summed E-state index contributed by atoms with van der Waals surface area (Å²) in [5.74, 6) is 0.230. The van der Waals surface area contributed by atoms with E-state index in [1.165, 1.54) is 30.1 Å². The van der Waals surface area contributed by atoms with Crippen molar-refractivity contribution in [3.05, 3.63) is 0 Å². The SMILES string of the molecule is CCCCCC(=O)NCCCCCI. The molecular weight excluding hydrogens is 289 g/mol. The van der Waals surface area contributed by atoms with Crippen molar-refractivity contribution in [3.63, 3.8) is 0 Å². The molecule has 0 aromatic carbocycles. The molecule has 0 aromatic heterocycles. The maximum absolute atomic E-state index is 11.2. The van der Waals surface area contributed by atoms with Crippen molar-refractivity contribution in [2.24, 2.45) is 0 Å². The Morgan fingerprint density at radius 2 is 1.93 bits per heavy atom. The number of unbranched alkanes of at least 4 members (excludes halogenated alkanes) is 4. The molecule has 2 nitrogen and oxygen atoms in total. The second kappa shape index (κ2) is 11.3. The van der Waals surface area contributed by atoms with Gasteiger partial charge in [-0.2, -0.15) is 0 Å². The van der Waals surface area contributed by atoms with Crippen LogP contribution in [0.15, 0.2) is 0 Å². The van der Waals surface area contributed by atoms with Gasteiger partial charge in [0, 0.05) is 13.0 Å². The Morgan fingerprint density at radius 1 is 1.14 bits per heavy atom. The highest BCUT2D eigenvalue weighted by Crippen LogP contribution is 2.00. The first-order chi connectivity index (χ1) is 6.81. The van der Waals surface area contributed by atoms with Crippen LogP contribution < -0.4 is 5.32 Å². The number of halogens is 1. The molecule has 0 heterocycles. The van der Waals surface area contributed by atoms with E-state index in [9.17, 15) is 4.79 Å². The lowest BCUT2D eigenvalue weighted by Gasteiger charge is -2.03. The van der Waals surface area contributed by atoms with E-state index in [0.717, 1.165) is 19.4 Å². The number of amides is 1. The van der Waals surface area contributed by atoms with Gasteiger partial charge in [0.15, 0.2) is 0 Å². The van der Waals surface area contributed by atoms with Gasteiger partial charge in [0.1, 0.15) is 0 Å². The van der Waals surface area contributed by atoms with Crippen molar-refractivity contribution in [1.29, 1.82) is 0 Å². The van der Waals surface area contributed by atoms with Crippen LogP contribution in [0.3, 0.4) is 0 Å². The van der Waals surface area contributed by atoms with E-state index in [4.69, 9.17) is 0 Å². The summed E-state index contributed by atoms with van der Waals surface area (Å²) >= 11 is 2.39. The highest BCUT2D eigenvalue weighted by Gasteiger charge is 1.98. The zero-order valence-electron chi connectivity index (χ0n) is 9.15. The largest absolute Gasteiger partial charge is 0.356 e. The molecule has 0 bridgehead atoms. The highest BCUT2D eigenvalue weighted by atomic mass is 127. The zero-order valence-corrected chi connectivity index (χ0v) is 11.3. The van der Waals surface area contributed by atoms with Gasteiger partial charge in [-0.05, 0) is 23.7 Å². The average Bonchev–Trinajstić information content (AvgIpc) is 2.18. The molecule has 1 N–H and O–H groups in total. The van der Waals surface area contributed by atoms with Crippen LogP contribution in [-0.2, 0) is 4.79 Å². The lowest BCUT2D eigenvalue weighted by atomic mass is 10.2. The Bertz CT molecular complexity index is 139. The number of alkyl halides is 1. The second-order valence-corrected chi connectivity index (χ2v) is 4.64. The van der Waals surface area contributed by atoms with E-state index in [1.54, 1.807) is 0 Å². The minimum Gasteiger partial charge on any atom is -0.356 e. The molecule has 0 atom stereocenters. The van der Waals surface area contributed by atoms with Crippen LogP contribution in [0.4, 0.5) is 0 Å². The van der Waals surface area contributed by atoms with Crippen LogP contribution in [0.5, 0.6) is 0 Å². The molecule has 0 unspecified atom stereocenters. The van der Waals surface area contributed by atoms with Gasteiger partial charge in [0.25, 0.3) is 0 Å². The molecule has 0 saturated heterocycles. The summed E-state index contributed by atoms with van der Waals surface area (Å²) in [7, 11) is 0. The van der Waals surface area contributed by atoms with Crippen molar-refractivity contribution in [2.75, 3.05) is 11.0 Å². The predicted molar refractivity (Wildman–Crippen MR) is 69.9 cm³/mol. The van der Waals surface area contributed by atoms with Gasteiger partial charge in [-0.3, -0.25) is 4.79 Å². The number of carbonyl (C=O) groups excluding carboxylic acids is 1. The molecular formula is C11H22INO. The fraction of sp³-hybridized carbons (Fsp3) is 0.909. The number of hydrogen-bond donors (Lipinski definition) is 1. The van der Waals surface area contributed by atoms with E-state index in [-0.39, 0.29) is 5.91 Å². The fourth-order valence-corrected chi connectivity index (χ4v) is 1.79. The standard InChI is InChI=1S/C11H22INO/c1-2-3-5-8-11(14)13-10-7-4-6-9-12/h2-10H2,1H3,(H,13,14). The Balaban J connectivity index is 3.10. The van der Waals surface area contributed by atoms with Crippen LogP contribution in [0.1, 0.15) is 51.9 Å². The lowest BCUT2D eigenvalue weighted by molar-refractivity contribution is -0.121.